The van der Waals surface area contributed by atoms with Gasteiger partial charge in [0.2, 0.25) is 0 Å². The lowest BCUT2D eigenvalue weighted by Crippen LogP contribution is -2.28. The molecule has 0 heterocycles. The van der Waals surface area contributed by atoms with Crippen molar-refractivity contribution in [3.05, 3.63) is 0 Å². The average molecular weight is 247 g/mol. The van der Waals surface area contributed by atoms with Gasteiger partial charge < -0.3 is 0 Å². The second-order valence-corrected chi connectivity index (χ2v) is 5.47. The first kappa shape index (κ1) is 11.6. The van der Waals surface area contributed by atoms with Crippen molar-refractivity contribution in [2.75, 3.05) is 5.33 Å². The van der Waals surface area contributed by atoms with E-state index in [0.29, 0.717) is 5.41 Å². The van der Waals surface area contributed by atoms with Gasteiger partial charge in [0.15, 0.2) is 0 Å². The Labute approximate surface area is 91.6 Å². The third-order valence-corrected chi connectivity index (χ3v) is 4.87. The predicted octanol–water partition coefficient (Wildman–Crippen LogP) is 4.77. The lowest BCUT2D eigenvalue weighted by Gasteiger charge is -2.37. The van der Waals surface area contributed by atoms with Crippen LogP contribution in [0, 0.1) is 11.3 Å². The van der Waals surface area contributed by atoms with Crippen molar-refractivity contribution in [2.45, 2.75) is 58.8 Å². The molecule has 1 aliphatic rings. The summed E-state index contributed by atoms with van der Waals surface area (Å²) in [5.41, 5.74) is 0.660. The summed E-state index contributed by atoms with van der Waals surface area (Å²) in [6.45, 7) is 4.72. The van der Waals surface area contributed by atoms with Gasteiger partial charge in [-0.05, 0) is 30.6 Å². The smallest absolute Gasteiger partial charge is 0.00880 e. The Balaban J connectivity index is 2.47. The Morgan fingerprint density at radius 2 is 1.85 bits per heavy atom. The first-order valence-electron chi connectivity index (χ1n) is 5.78. The largest absolute Gasteiger partial charge is 0.0922 e. The molecule has 1 heteroatoms. The number of hydrogen-bond acceptors (Lipinski definition) is 0. The fourth-order valence-electron chi connectivity index (χ4n) is 2.58. The Morgan fingerprint density at radius 3 is 2.31 bits per heavy atom. The van der Waals surface area contributed by atoms with E-state index in [-0.39, 0.29) is 0 Å². The minimum Gasteiger partial charge on any atom is -0.0922 e. The second-order valence-electron chi connectivity index (χ2n) is 4.91. The fraction of sp³-hybridized carbons (Fsp3) is 1.00. The van der Waals surface area contributed by atoms with Crippen molar-refractivity contribution in [1.29, 1.82) is 0 Å². The Morgan fingerprint density at radius 1 is 1.23 bits per heavy atom. The molecule has 0 spiro atoms. The first-order valence-corrected chi connectivity index (χ1v) is 6.90. The minimum absolute atomic E-state index is 0.660. The molecule has 0 nitrogen and oxygen atoms in total. The zero-order valence-electron chi connectivity index (χ0n) is 9.11. The predicted molar refractivity (Wildman–Crippen MR) is 63.4 cm³/mol. The number of halogens is 1. The van der Waals surface area contributed by atoms with E-state index >= 15 is 0 Å². The van der Waals surface area contributed by atoms with E-state index in [4.69, 9.17) is 0 Å². The van der Waals surface area contributed by atoms with Crippen LogP contribution in [-0.4, -0.2) is 5.33 Å². The zero-order chi connectivity index (χ0) is 9.73. The van der Waals surface area contributed by atoms with Crippen LogP contribution in [0.1, 0.15) is 58.8 Å². The highest BCUT2D eigenvalue weighted by molar-refractivity contribution is 9.09. The van der Waals surface area contributed by atoms with Crippen LogP contribution in [0.2, 0.25) is 0 Å². The van der Waals surface area contributed by atoms with E-state index in [0.717, 1.165) is 5.92 Å². The minimum atomic E-state index is 0.660. The Bertz CT molecular complexity index is 136. The highest BCUT2D eigenvalue weighted by atomic mass is 79.9. The lowest BCUT2D eigenvalue weighted by atomic mass is 9.70. The monoisotopic (exact) mass is 246 g/mol. The van der Waals surface area contributed by atoms with E-state index in [1.54, 1.807) is 0 Å². The van der Waals surface area contributed by atoms with E-state index < -0.39 is 0 Å². The lowest BCUT2D eigenvalue weighted by molar-refractivity contribution is 0.175. The molecule has 0 saturated heterocycles. The van der Waals surface area contributed by atoms with Gasteiger partial charge in [0.05, 0.1) is 0 Å². The number of hydrogen-bond donors (Lipinski definition) is 0. The van der Waals surface area contributed by atoms with Crippen LogP contribution in [0.25, 0.3) is 0 Å². The Hall–Kier alpha value is 0.480. The molecule has 1 fully saturated rings. The van der Waals surface area contributed by atoms with Crippen molar-refractivity contribution in [2.24, 2.45) is 11.3 Å². The molecule has 0 radical (unpaired) electrons. The molecule has 0 aliphatic heterocycles. The molecule has 0 amide bonds. The van der Waals surface area contributed by atoms with Crippen LogP contribution in [0.15, 0.2) is 0 Å². The van der Waals surface area contributed by atoms with Crippen LogP contribution < -0.4 is 0 Å². The summed E-state index contributed by atoms with van der Waals surface area (Å²) in [6.07, 6.45) is 10.1. The molecule has 0 aromatic rings. The van der Waals surface area contributed by atoms with Crippen LogP contribution in [0.3, 0.4) is 0 Å². The van der Waals surface area contributed by atoms with Gasteiger partial charge in [-0.3, -0.25) is 0 Å². The average Bonchev–Trinajstić information content (AvgIpc) is 2.19. The van der Waals surface area contributed by atoms with Gasteiger partial charge in [-0.2, -0.15) is 0 Å². The summed E-state index contributed by atoms with van der Waals surface area (Å²) in [5, 5.41) is 1.23. The molecular formula is C12H23Br. The summed E-state index contributed by atoms with van der Waals surface area (Å²) < 4.78 is 0. The molecule has 0 bridgehead atoms. The third kappa shape index (κ3) is 3.27. The van der Waals surface area contributed by atoms with Crippen LogP contribution in [0.5, 0.6) is 0 Å². The van der Waals surface area contributed by atoms with Gasteiger partial charge in [-0.15, -0.1) is 0 Å². The number of alkyl halides is 1. The molecule has 13 heavy (non-hydrogen) atoms. The normalized spacial score (nSPS) is 24.2. The molecule has 0 aromatic heterocycles. The quantitative estimate of drug-likeness (QED) is 0.628. The van der Waals surface area contributed by atoms with Gasteiger partial charge >= 0.3 is 0 Å². The second kappa shape index (κ2) is 5.38. The van der Waals surface area contributed by atoms with Gasteiger partial charge in [0.25, 0.3) is 0 Å². The van der Waals surface area contributed by atoms with Crippen LogP contribution in [-0.2, 0) is 0 Å². The van der Waals surface area contributed by atoms with Gasteiger partial charge in [0, 0.05) is 5.33 Å². The molecule has 1 atom stereocenters. The molecule has 1 rings (SSSR count). The van der Waals surface area contributed by atoms with Crippen molar-refractivity contribution in [1.82, 2.24) is 0 Å². The third-order valence-electron chi connectivity index (χ3n) is 3.68. The van der Waals surface area contributed by atoms with E-state index in [9.17, 15) is 0 Å². The first-order chi connectivity index (χ1) is 6.22. The highest BCUT2D eigenvalue weighted by Crippen LogP contribution is 2.43. The summed E-state index contributed by atoms with van der Waals surface area (Å²) in [4.78, 5) is 0. The standard InChI is InChI=1S/C12H23Br/c1-3-11(2)9-12(10-13)7-5-4-6-8-12/h11H,3-10H2,1-2H3. The van der Waals surface area contributed by atoms with E-state index in [2.05, 4.69) is 29.8 Å². The van der Waals surface area contributed by atoms with Gasteiger partial charge in [0.1, 0.15) is 0 Å². The summed E-state index contributed by atoms with van der Waals surface area (Å²) in [7, 11) is 0. The Kier molecular flexibility index (Phi) is 4.78. The number of rotatable bonds is 4. The van der Waals surface area contributed by atoms with Crippen LogP contribution in [0.4, 0.5) is 0 Å². The van der Waals surface area contributed by atoms with Crippen LogP contribution >= 0.6 is 15.9 Å². The SMILES string of the molecule is CCC(C)CC1(CBr)CCCCC1. The highest BCUT2D eigenvalue weighted by Gasteiger charge is 2.31. The maximum absolute atomic E-state index is 3.73. The molecule has 1 aliphatic carbocycles. The summed E-state index contributed by atoms with van der Waals surface area (Å²) in [5.74, 6) is 0.913. The molecular weight excluding hydrogens is 224 g/mol. The molecule has 78 valence electrons. The van der Waals surface area contributed by atoms with E-state index in [1.807, 2.05) is 0 Å². The molecule has 0 aromatic carbocycles. The zero-order valence-corrected chi connectivity index (χ0v) is 10.7. The van der Waals surface area contributed by atoms with Crippen molar-refractivity contribution in [3.8, 4) is 0 Å². The molecule has 1 unspecified atom stereocenters. The van der Waals surface area contributed by atoms with Crippen molar-refractivity contribution < 1.29 is 0 Å². The maximum Gasteiger partial charge on any atom is 0.00880 e. The molecule has 1 saturated carbocycles. The van der Waals surface area contributed by atoms with Crippen molar-refractivity contribution in [3.63, 3.8) is 0 Å². The maximum atomic E-state index is 3.73. The fourth-order valence-corrected chi connectivity index (χ4v) is 3.37. The topological polar surface area (TPSA) is 0 Å². The molecule has 0 N–H and O–H groups in total. The van der Waals surface area contributed by atoms with E-state index in [1.165, 1.54) is 50.3 Å². The van der Waals surface area contributed by atoms with Gasteiger partial charge in [-0.1, -0.05) is 55.5 Å². The van der Waals surface area contributed by atoms with Gasteiger partial charge in [-0.25, -0.2) is 0 Å². The summed E-state index contributed by atoms with van der Waals surface area (Å²) in [6, 6.07) is 0. The van der Waals surface area contributed by atoms with Crippen molar-refractivity contribution >= 4 is 15.9 Å². The summed E-state index contributed by atoms with van der Waals surface area (Å²) >= 11 is 3.73.